The minimum absolute atomic E-state index is 0.00924. The van der Waals surface area contributed by atoms with E-state index in [4.69, 9.17) is 51.1 Å². The number of para-hydroxylation sites is 1. The van der Waals surface area contributed by atoms with E-state index in [0.29, 0.717) is 17.7 Å². The van der Waals surface area contributed by atoms with Gasteiger partial charge in [-0.25, -0.2) is 9.36 Å². The van der Waals surface area contributed by atoms with Gasteiger partial charge < -0.3 is 15.4 Å². The normalized spacial score (nSPS) is 15.1. The Labute approximate surface area is 363 Å². The molecule has 2 heterocycles. The molecule has 6 rings (SSSR count). The third-order valence-electron chi connectivity index (χ3n) is 11.1. The van der Waals surface area contributed by atoms with Gasteiger partial charge in [0.1, 0.15) is 11.4 Å². The number of halogens is 4. The molecule has 1 aliphatic heterocycles. The number of carbonyl (C=O) groups is 3. The molecule has 0 aliphatic carbocycles. The van der Waals surface area contributed by atoms with Crippen LogP contribution in [0.15, 0.2) is 82.7 Å². The Kier molecular flexibility index (Phi) is 12.6. The Morgan fingerprint density at radius 3 is 2.12 bits per heavy atom. The molecule has 1 aromatic heterocycles. The molecule has 15 heteroatoms. The molecule has 1 aliphatic rings. The first-order valence-corrected chi connectivity index (χ1v) is 20.8. The third-order valence-corrected chi connectivity index (χ3v) is 12.3. The maximum atomic E-state index is 14.5. The van der Waals surface area contributed by atoms with Gasteiger partial charge in [-0.15, -0.1) is 5.10 Å². The molecule has 2 unspecified atom stereocenters. The Morgan fingerprint density at radius 2 is 1.49 bits per heavy atom. The summed E-state index contributed by atoms with van der Waals surface area (Å²) in [6.45, 7) is 16.2. The van der Waals surface area contributed by atoms with Crippen molar-refractivity contribution in [1.29, 1.82) is 0 Å². The average molecular weight is 881 g/mol. The lowest BCUT2D eigenvalue weighted by Gasteiger charge is -2.31. The van der Waals surface area contributed by atoms with E-state index in [2.05, 4.69) is 69.4 Å². The van der Waals surface area contributed by atoms with Crippen LogP contribution in [-0.2, 0) is 20.4 Å². The molecule has 0 saturated carbocycles. The molecule has 0 bridgehead atoms. The lowest BCUT2D eigenvalue weighted by Crippen LogP contribution is -2.41. The number of hydrogen-bond donors (Lipinski definition) is 2. The molecule has 2 amide bonds. The van der Waals surface area contributed by atoms with Gasteiger partial charge in [-0.3, -0.25) is 19.2 Å². The lowest BCUT2D eigenvalue weighted by molar-refractivity contribution is -0.123. The first-order chi connectivity index (χ1) is 27.8. The van der Waals surface area contributed by atoms with E-state index in [1.54, 1.807) is 42.5 Å². The van der Waals surface area contributed by atoms with Crippen molar-refractivity contribution >= 4 is 97.9 Å². The second-order valence-corrected chi connectivity index (χ2v) is 17.4. The fraction of sp³-hybridized carbons (Fsp3) is 0.341. The number of carbonyl (C=O) groups excluding carboxylic acids is 3. The highest BCUT2D eigenvalue weighted by atomic mass is 35.5. The van der Waals surface area contributed by atoms with Crippen molar-refractivity contribution < 1.29 is 19.1 Å². The molecule has 0 spiro atoms. The maximum Gasteiger partial charge on any atom is 0.280 e. The minimum atomic E-state index is -1.52. The van der Waals surface area contributed by atoms with Gasteiger partial charge in [-0.2, -0.15) is 5.01 Å². The van der Waals surface area contributed by atoms with E-state index in [9.17, 15) is 19.2 Å². The topological polar surface area (TPSA) is 127 Å². The smallest absolute Gasteiger partial charge is 0.280 e. The van der Waals surface area contributed by atoms with Crippen molar-refractivity contribution in [2.75, 3.05) is 15.6 Å². The maximum absolute atomic E-state index is 14.5. The summed E-state index contributed by atoms with van der Waals surface area (Å²) in [5, 5.41) is 12.1. The molecular weight excluding hydrogens is 834 g/mol. The zero-order valence-corrected chi connectivity index (χ0v) is 37.1. The van der Waals surface area contributed by atoms with Crippen LogP contribution >= 0.6 is 46.4 Å². The predicted octanol–water partition coefficient (Wildman–Crippen LogP) is 11.3. The Morgan fingerprint density at radius 1 is 0.847 bits per heavy atom. The largest absolute Gasteiger partial charge is 0.480 e. The second-order valence-electron chi connectivity index (χ2n) is 15.7. The van der Waals surface area contributed by atoms with E-state index in [-0.39, 0.29) is 59.2 Å². The van der Waals surface area contributed by atoms with Crippen molar-refractivity contribution in [3.05, 3.63) is 114 Å². The zero-order chi connectivity index (χ0) is 43.1. The van der Waals surface area contributed by atoms with E-state index in [1.165, 1.54) is 24.6 Å². The molecule has 0 saturated heterocycles. The van der Waals surface area contributed by atoms with Gasteiger partial charge >= 0.3 is 0 Å². The van der Waals surface area contributed by atoms with Crippen molar-refractivity contribution in [1.82, 2.24) is 9.36 Å². The number of amides is 2. The number of nitrogens with zero attached hydrogens (tertiary/aromatic N) is 4. The number of nitrogens with one attached hydrogen (secondary N) is 2. The van der Waals surface area contributed by atoms with Crippen LogP contribution in [0.4, 0.5) is 17.1 Å². The monoisotopic (exact) mass is 878 g/mol. The number of aromatic nitrogens is 2. The Balaban J connectivity index is 1.37. The standard InChI is InChI=1S/C44H46Cl4N6O5/c1-9-34(59-35-20-19-25(43(5,6)10-2)21-28(35)44(7,8)11-3)40(56)50-32-17-14-16-31(36(32)48)49-39-38(42(58)52(51-39)37-29(46)22-26(45)23-30(37)47)54-41(57)27-15-12-13-18-33(27)53(54)24(4)55/h12-23,34,38H,9-11H2,1-8H3,(H,49,51)(H,50,56). The van der Waals surface area contributed by atoms with Gasteiger partial charge in [-0.05, 0) is 78.1 Å². The number of hydrogen-bond acceptors (Lipinski definition) is 7. The van der Waals surface area contributed by atoms with Crippen molar-refractivity contribution in [2.24, 2.45) is 5.10 Å². The predicted molar refractivity (Wildman–Crippen MR) is 239 cm³/mol. The van der Waals surface area contributed by atoms with Crippen LogP contribution in [0, 0.1) is 0 Å². The summed E-state index contributed by atoms with van der Waals surface area (Å²) in [6, 6.07) is 18.9. The fourth-order valence-electron chi connectivity index (χ4n) is 6.91. The first kappa shape index (κ1) is 43.8. The van der Waals surface area contributed by atoms with Crippen molar-refractivity contribution in [3.63, 3.8) is 0 Å². The molecule has 0 radical (unpaired) electrons. The summed E-state index contributed by atoms with van der Waals surface area (Å²) in [6.07, 6.45) is 1.31. The fourth-order valence-corrected chi connectivity index (χ4v) is 8.11. The molecule has 59 heavy (non-hydrogen) atoms. The van der Waals surface area contributed by atoms with Gasteiger partial charge in [-0.1, -0.05) is 125 Å². The molecule has 0 fully saturated rings. The number of fused-ring (bicyclic) bond motifs is 1. The van der Waals surface area contributed by atoms with Crippen LogP contribution < -0.4 is 25.9 Å². The van der Waals surface area contributed by atoms with E-state index >= 15 is 0 Å². The Hall–Kier alpha value is -4.81. The molecular formula is C44H46Cl4N6O5. The molecule has 2 atom stereocenters. The highest BCUT2D eigenvalue weighted by Gasteiger charge is 2.43. The summed E-state index contributed by atoms with van der Waals surface area (Å²) in [4.78, 5) is 55.6. The van der Waals surface area contributed by atoms with Crippen LogP contribution in [0.2, 0.25) is 20.1 Å². The lowest BCUT2D eigenvalue weighted by atomic mass is 9.76. The van der Waals surface area contributed by atoms with Crippen LogP contribution in [-0.4, -0.2) is 39.0 Å². The van der Waals surface area contributed by atoms with Gasteiger partial charge in [0.25, 0.3) is 17.4 Å². The van der Waals surface area contributed by atoms with Gasteiger partial charge in [0.2, 0.25) is 5.91 Å². The number of hydrazone groups is 1. The van der Waals surface area contributed by atoms with Crippen LogP contribution in [0.3, 0.4) is 0 Å². The molecule has 310 valence electrons. The average Bonchev–Trinajstić information content (AvgIpc) is 3.66. The number of rotatable bonds is 12. The second kappa shape index (κ2) is 17.0. The molecule has 5 aromatic rings. The number of ether oxygens (including phenoxy) is 1. The van der Waals surface area contributed by atoms with E-state index in [0.717, 1.165) is 32.8 Å². The van der Waals surface area contributed by atoms with Gasteiger partial charge in [0.05, 0.1) is 37.3 Å². The number of amidine groups is 1. The van der Waals surface area contributed by atoms with Crippen LogP contribution in [0.25, 0.3) is 10.9 Å². The quantitative estimate of drug-likeness (QED) is 0.128. The van der Waals surface area contributed by atoms with Gasteiger partial charge in [0, 0.05) is 17.5 Å². The van der Waals surface area contributed by atoms with Crippen LogP contribution in [0.1, 0.15) is 96.6 Å². The minimum Gasteiger partial charge on any atom is -0.480 e. The summed E-state index contributed by atoms with van der Waals surface area (Å²) in [5.41, 5.74) is 2.11. The molecule has 2 N–H and O–H groups in total. The summed E-state index contributed by atoms with van der Waals surface area (Å²) in [7, 11) is 0. The summed E-state index contributed by atoms with van der Waals surface area (Å²) >= 11 is 26.3. The SMILES string of the molecule is CCC(Oc1ccc(C(C)(C)CC)cc1C(C)(C)CC)C(=O)Nc1cccc(NC2=NN(c3c(Cl)cc(Cl)cc3Cl)C(=O)C2n2c(=O)c3ccccc3n2C(C)=O)c1Cl. The molecule has 4 aromatic carbocycles. The highest BCUT2D eigenvalue weighted by Crippen LogP contribution is 2.42. The van der Waals surface area contributed by atoms with Crippen LogP contribution in [0.5, 0.6) is 5.75 Å². The third kappa shape index (κ3) is 8.35. The van der Waals surface area contributed by atoms with Crippen molar-refractivity contribution in [3.8, 4) is 5.75 Å². The highest BCUT2D eigenvalue weighted by molar-refractivity contribution is 6.43. The Bertz CT molecular complexity index is 2560. The zero-order valence-electron chi connectivity index (χ0n) is 34.0. The number of anilines is 3. The summed E-state index contributed by atoms with van der Waals surface area (Å²) < 4.78 is 8.65. The van der Waals surface area contributed by atoms with E-state index < -0.39 is 35.4 Å². The van der Waals surface area contributed by atoms with Crippen molar-refractivity contribution in [2.45, 2.75) is 97.6 Å². The van der Waals surface area contributed by atoms with Gasteiger partial charge in [0.15, 0.2) is 18.0 Å². The number of benzene rings is 4. The molecule has 11 nitrogen and oxygen atoms in total. The first-order valence-electron chi connectivity index (χ1n) is 19.3. The van der Waals surface area contributed by atoms with E-state index in [1.807, 2.05) is 13.0 Å². The summed E-state index contributed by atoms with van der Waals surface area (Å²) in [5.74, 6) is -1.17.